The Morgan fingerprint density at radius 2 is 1.97 bits per heavy atom. The molecule has 1 N–H and O–H groups in total. The number of carbonyl (C=O) groups is 2. The van der Waals surface area contributed by atoms with Crippen molar-refractivity contribution in [1.82, 2.24) is 14.8 Å². The first-order valence-electron chi connectivity index (χ1n) is 11.0. The summed E-state index contributed by atoms with van der Waals surface area (Å²) in [5.74, 6) is -1.70. The van der Waals surface area contributed by atoms with Gasteiger partial charge in [-0.1, -0.05) is 18.6 Å². The van der Waals surface area contributed by atoms with Gasteiger partial charge in [-0.3, -0.25) is 19.7 Å². The highest BCUT2D eigenvalue weighted by atomic mass is 32.1. The smallest absolute Gasteiger partial charge is 0.290 e. The molecule has 1 aromatic carbocycles. The molecule has 1 fully saturated rings. The van der Waals surface area contributed by atoms with E-state index in [0.717, 1.165) is 25.9 Å². The lowest BCUT2D eigenvalue weighted by atomic mass is 9.94. The molecule has 1 aromatic heterocycles. The van der Waals surface area contributed by atoms with Crippen molar-refractivity contribution < 1.29 is 19.6 Å². The predicted molar refractivity (Wildman–Crippen MR) is 123 cm³/mol. The molecule has 1 unspecified atom stereocenters. The average molecular weight is 471 g/mol. The number of piperidine rings is 1. The monoisotopic (exact) mass is 470 g/mol. The number of Topliss-reactive ketones (excluding diaryl/α,β-unsaturated/α-hetero) is 1. The number of likely N-dealkylation sites (tertiary alicyclic amines) is 1. The number of thiazole rings is 1. The van der Waals surface area contributed by atoms with Crippen LogP contribution < -0.4 is 0 Å². The normalized spacial score (nSPS) is 19.4. The van der Waals surface area contributed by atoms with Crippen LogP contribution in [-0.2, 0) is 4.79 Å². The number of hydrogen-bond acceptors (Lipinski definition) is 8. The van der Waals surface area contributed by atoms with Gasteiger partial charge in [-0.2, -0.15) is 0 Å². The van der Waals surface area contributed by atoms with Crippen LogP contribution in [0.1, 0.15) is 51.2 Å². The summed E-state index contributed by atoms with van der Waals surface area (Å²) < 4.78 is 0. The number of aliphatic hydroxyl groups is 1. The summed E-state index contributed by atoms with van der Waals surface area (Å²) in [4.78, 5) is 45.9. The van der Waals surface area contributed by atoms with Gasteiger partial charge in [-0.05, 0) is 45.3 Å². The van der Waals surface area contributed by atoms with Gasteiger partial charge in [0.2, 0.25) is 5.78 Å². The molecule has 9 nitrogen and oxygen atoms in total. The number of aryl methyl sites for hydroxylation is 2. The number of nitrogens with zero attached hydrogens (tertiary/aromatic N) is 4. The highest BCUT2D eigenvalue weighted by Crippen LogP contribution is 2.40. The number of rotatable bonds is 7. The number of benzene rings is 1. The minimum absolute atomic E-state index is 0.0501. The molecule has 1 atom stereocenters. The predicted octanol–water partition coefficient (Wildman–Crippen LogP) is 3.73. The highest BCUT2D eigenvalue weighted by molar-refractivity contribution is 7.14. The number of nitro benzene ring substituents is 1. The van der Waals surface area contributed by atoms with Crippen LogP contribution in [0.2, 0.25) is 0 Å². The summed E-state index contributed by atoms with van der Waals surface area (Å²) in [6, 6.07) is 5.00. The van der Waals surface area contributed by atoms with Crippen molar-refractivity contribution in [3.63, 3.8) is 0 Å². The topological polar surface area (TPSA) is 117 Å². The van der Waals surface area contributed by atoms with Crippen LogP contribution in [0.5, 0.6) is 0 Å². The first-order valence-corrected chi connectivity index (χ1v) is 11.8. The minimum Gasteiger partial charge on any atom is -0.503 e. The van der Waals surface area contributed by atoms with Crippen LogP contribution in [0.25, 0.3) is 0 Å². The summed E-state index contributed by atoms with van der Waals surface area (Å²) in [5.41, 5.74) is 0.757. The molecule has 3 heterocycles. The lowest BCUT2D eigenvalue weighted by molar-refractivity contribution is -0.384. The molecule has 10 heteroatoms. The zero-order valence-electron chi connectivity index (χ0n) is 18.6. The zero-order valence-corrected chi connectivity index (χ0v) is 19.4. The van der Waals surface area contributed by atoms with Gasteiger partial charge in [0, 0.05) is 25.2 Å². The largest absolute Gasteiger partial charge is 0.503 e. The Hall–Kier alpha value is -3.11. The number of ketones is 1. The first kappa shape index (κ1) is 23.1. The lowest BCUT2D eigenvalue weighted by Crippen LogP contribution is -2.40. The minimum atomic E-state index is -0.906. The fourth-order valence-electron chi connectivity index (χ4n) is 4.57. The maximum absolute atomic E-state index is 13.5. The fraction of sp³-hybridized carbons (Fsp3) is 0.435. The summed E-state index contributed by atoms with van der Waals surface area (Å²) in [6.07, 6.45) is 3.38. The van der Waals surface area contributed by atoms with Gasteiger partial charge < -0.3 is 14.9 Å². The molecule has 0 aliphatic carbocycles. The van der Waals surface area contributed by atoms with Crippen molar-refractivity contribution in [2.45, 2.75) is 39.2 Å². The van der Waals surface area contributed by atoms with Crippen LogP contribution in [0.3, 0.4) is 0 Å². The molecule has 1 saturated heterocycles. The van der Waals surface area contributed by atoms with E-state index in [2.05, 4.69) is 9.88 Å². The molecular formula is C23H26N4O5S. The summed E-state index contributed by atoms with van der Waals surface area (Å²) in [7, 11) is 0. The van der Waals surface area contributed by atoms with Crippen molar-refractivity contribution >= 4 is 28.7 Å². The Kier molecular flexibility index (Phi) is 6.57. The van der Waals surface area contributed by atoms with Crippen molar-refractivity contribution in [1.29, 1.82) is 0 Å². The van der Waals surface area contributed by atoms with E-state index in [4.69, 9.17) is 0 Å². The Bertz CT molecular complexity index is 1140. The number of hydrogen-bond donors (Lipinski definition) is 1. The van der Waals surface area contributed by atoms with Crippen molar-refractivity contribution in [2.75, 3.05) is 26.2 Å². The van der Waals surface area contributed by atoms with E-state index in [-0.39, 0.29) is 11.3 Å². The molecule has 2 aromatic rings. The lowest BCUT2D eigenvalue weighted by Gasteiger charge is -2.31. The number of amides is 1. The summed E-state index contributed by atoms with van der Waals surface area (Å²) in [6.45, 7) is 6.27. The Morgan fingerprint density at radius 3 is 2.61 bits per heavy atom. The average Bonchev–Trinajstić information content (AvgIpc) is 3.28. The molecule has 0 radical (unpaired) electrons. The Labute approximate surface area is 195 Å². The van der Waals surface area contributed by atoms with E-state index in [9.17, 15) is 24.8 Å². The highest BCUT2D eigenvalue weighted by Gasteiger charge is 2.44. The molecular weight excluding hydrogens is 444 g/mol. The zero-order chi connectivity index (χ0) is 23.7. The third-order valence-electron chi connectivity index (χ3n) is 6.16. The number of aliphatic hydroxyl groups excluding tert-OH is 1. The summed E-state index contributed by atoms with van der Waals surface area (Å²) >= 11 is 1.20. The third-order valence-corrected chi connectivity index (χ3v) is 7.23. The number of non-ortho nitro benzene ring substituents is 1. The quantitative estimate of drug-likeness (QED) is 0.372. The molecule has 33 heavy (non-hydrogen) atoms. The standard InChI is InChI=1S/C23H26N4O5S/c1-14-22(33-15(2)24-14)20(28)18-19(16-7-6-8-17(13-16)27(31)32)26(23(30)21(18)29)12-11-25-9-4-3-5-10-25/h6-8,13,19,29H,3-5,9-12H2,1-2H3. The number of carbonyl (C=O) groups excluding carboxylic acids is 2. The maximum Gasteiger partial charge on any atom is 0.290 e. The molecule has 0 spiro atoms. The van der Waals surface area contributed by atoms with Crippen LogP contribution in [0, 0.1) is 24.0 Å². The second kappa shape index (κ2) is 9.40. The van der Waals surface area contributed by atoms with E-state index in [1.807, 2.05) is 0 Å². The first-order chi connectivity index (χ1) is 15.8. The Morgan fingerprint density at radius 1 is 1.24 bits per heavy atom. The van der Waals surface area contributed by atoms with Crippen LogP contribution in [0.15, 0.2) is 35.6 Å². The molecule has 2 aliphatic heterocycles. The molecule has 174 valence electrons. The van der Waals surface area contributed by atoms with Gasteiger partial charge in [-0.15, -0.1) is 11.3 Å². The second-order valence-electron chi connectivity index (χ2n) is 8.39. The van der Waals surface area contributed by atoms with Gasteiger partial charge in [0.1, 0.15) is 0 Å². The SMILES string of the molecule is Cc1nc(C)c(C(=O)C2=C(O)C(=O)N(CCN3CCCCC3)C2c2cccc([N+](=O)[O-])c2)s1. The van der Waals surface area contributed by atoms with E-state index < -0.39 is 28.4 Å². The number of aromatic nitrogens is 1. The van der Waals surface area contributed by atoms with Gasteiger partial charge in [0.05, 0.1) is 32.1 Å². The van der Waals surface area contributed by atoms with E-state index in [1.54, 1.807) is 19.9 Å². The van der Waals surface area contributed by atoms with Gasteiger partial charge >= 0.3 is 0 Å². The van der Waals surface area contributed by atoms with Crippen molar-refractivity contribution in [3.8, 4) is 0 Å². The summed E-state index contributed by atoms with van der Waals surface area (Å²) in [5, 5.41) is 22.9. The molecule has 4 rings (SSSR count). The molecule has 2 aliphatic rings. The van der Waals surface area contributed by atoms with Crippen LogP contribution in [-0.4, -0.2) is 62.7 Å². The van der Waals surface area contributed by atoms with Crippen molar-refractivity contribution in [3.05, 3.63) is 66.9 Å². The Balaban J connectivity index is 1.73. The van der Waals surface area contributed by atoms with E-state index in [0.29, 0.717) is 34.2 Å². The molecule has 0 bridgehead atoms. The van der Waals surface area contributed by atoms with Gasteiger partial charge in [0.25, 0.3) is 11.6 Å². The van der Waals surface area contributed by atoms with E-state index in [1.165, 1.54) is 40.9 Å². The number of nitro groups is 1. The maximum atomic E-state index is 13.5. The van der Waals surface area contributed by atoms with Crippen LogP contribution >= 0.6 is 11.3 Å². The van der Waals surface area contributed by atoms with Crippen molar-refractivity contribution in [2.24, 2.45) is 0 Å². The fourth-order valence-corrected chi connectivity index (χ4v) is 5.44. The molecule has 0 saturated carbocycles. The van der Waals surface area contributed by atoms with Crippen LogP contribution in [0.4, 0.5) is 5.69 Å². The third kappa shape index (κ3) is 4.53. The van der Waals surface area contributed by atoms with Gasteiger partial charge in [-0.25, -0.2) is 4.98 Å². The second-order valence-corrected chi connectivity index (χ2v) is 9.60. The van der Waals surface area contributed by atoms with E-state index >= 15 is 0 Å². The molecule has 1 amide bonds. The van der Waals surface area contributed by atoms with Gasteiger partial charge in [0.15, 0.2) is 5.76 Å².